The lowest BCUT2D eigenvalue weighted by atomic mass is 9.97. The molecule has 118 valence electrons. The number of nitrogens with zero attached hydrogens (tertiary/aromatic N) is 1. The second-order valence-corrected chi connectivity index (χ2v) is 5.81. The van der Waals surface area contributed by atoms with Crippen LogP contribution >= 0.6 is 0 Å². The zero-order valence-corrected chi connectivity index (χ0v) is 13.4. The van der Waals surface area contributed by atoms with Gasteiger partial charge < -0.3 is 9.64 Å². The van der Waals surface area contributed by atoms with Crippen molar-refractivity contribution in [2.45, 2.75) is 13.0 Å². The minimum absolute atomic E-state index is 0.573. The molecule has 0 radical (unpaired) electrons. The highest BCUT2D eigenvalue weighted by Gasteiger charge is 2.19. The van der Waals surface area contributed by atoms with E-state index in [1.165, 1.54) is 16.8 Å². The Morgan fingerprint density at radius 3 is 2.67 bits per heavy atom. The molecule has 0 saturated carbocycles. The Hall–Kier alpha value is -3.00. The number of fused-ring (bicyclic) bond motifs is 1. The molecule has 4 rings (SSSR count). The summed E-state index contributed by atoms with van der Waals surface area (Å²) in [4.78, 5) is 2.16. The molecule has 0 saturated heterocycles. The van der Waals surface area contributed by atoms with Crippen molar-refractivity contribution < 1.29 is 4.74 Å². The molecule has 2 heterocycles. The normalized spacial score (nSPS) is 15.6. The summed E-state index contributed by atoms with van der Waals surface area (Å²) in [5, 5.41) is 0. The van der Waals surface area contributed by atoms with E-state index in [1.54, 1.807) is 0 Å². The Morgan fingerprint density at radius 2 is 1.75 bits per heavy atom. The molecule has 24 heavy (non-hydrogen) atoms. The number of benzene rings is 2. The fraction of sp³-hybridized carbons (Fsp3) is 0.0909. The summed E-state index contributed by atoms with van der Waals surface area (Å²) in [7, 11) is 0. The average Bonchev–Trinajstić information content (AvgIpc) is 2.67. The Morgan fingerprint density at radius 1 is 0.917 bits per heavy atom. The highest BCUT2D eigenvalue weighted by Crippen LogP contribution is 2.36. The van der Waals surface area contributed by atoms with E-state index in [9.17, 15) is 0 Å². The number of rotatable bonds is 4. The maximum absolute atomic E-state index is 6.13. The number of ether oxygens (including phenoxy) is 1. The van der Waals surface area contributed by atoms with E-state index in [4.69, 9.17) is 4.74 Å². The quantitative estimate of drug-likeness (QED) is 0.761. The minimum atomic E-state index is 0.573. The van der Waals surface area contributed by atoms with Crippen molar-refractivity contribution in [3.63, 3.8) is 0 Å². The third kappa shape index (κ3) is 2.91. The van der Waals surface area contributed by atoms with Gasteiger partial charge in [0.25, 0.3) is 0 Å². The van der Waals surface area contributed by atoms with Crippen molar-refractivity contribution in [2.24, 2.45) is 0 Å². The molecule has 0 unspecified atom stereocenters. The highest BCUT2D eigenvalue weighted by atomic mass is 16.5. The molecule has 0 aromatic heterocycles. The van der Waals surface area contributed by atoms with Crippen LogP contribution < -0.4 is 4.74 Å². The predicted octanol–water partition coefficient (Wildman–Crippen LogP) is 5.28. The van der Waals surface area contributed by atoms with Crippen LogP contribution in [0.1, 0.15) is 17.5 Å². The van der Waals surface area contributed by atoms with Crippen molar-refractivity contribution in [1.82, 2.24) is 4.90 Å². The van der Waals surface area contributed by atoms with Crippen LogP contribution in [0.3, 0.4) is 0 Å². The Kier molecular flexibility index (Phi) is 4.03. The maximum atomic E-state index is 6.13. The first-order valence-corrected chi connectivity index (χ1v) is 8.22. The molecular weight excluding hydrogens is 294 g/mol. The van der Waals surface area contributed by atoms with Crippen molar-refractivity contribution in [3.8, 4) is 5.75 Å². The zero-order chi connectivity index (χ0) is 16.2. The van der Waals surface area contributed by atoms with Gasteiger partial charge in [0.15, 0.2) is 0 Å². The van der Waals surface area contributed by atoms with Gasteiger partial charge in [0, 0.05) is 29.2 Å². The Balaban J connectivity index is 1.63. The highest BCUT2D eigenvalue weighted by molar-refractivity contribution is 5.84. The van der Waals surface area contributed by atoms with Crippen molar-refractivity contribution >= 4 is 5.57 Å². The van der Waals surface area contributed by atoms with Crippen LogP contribution in [0.15, 0.2) is 97.0 Å². The number of hydrogen-bond donors (Lipinski definition) is 0. The third-order valence-corrected chi connectivity index (χ3v) is 4.19. The number of hydrogen-bond acceptors (Lipinski definition) is 2. The second kappa shape index (κ2) is 6.63. The monoisotopic (exact) mass is 313 g/mol. The Labute approximate surface area is 142 Å². The lowest BCUT2D eigenvalue weighted by molar-refractivity contribution is 0.305. The van der Waals surface area contributed by atoms with Gasteiger partial charge in [-0.15, -0.1) is 0 Å². The summed E-state index contributed by atoms with van der Waals surface area (Å²) >= 11 is 0. The number of allylic oxidation sites excluding steroid dienone is 5. The zero-order valence-electron chi connectivity index (χ0n) is 13.4. The van der Waals surface area contributed by atoms with Crippen LogP contribution in [0.5, 0.6) is 5.75 Å². The third-order valence-electron chi connectivity index (χ3n) is 4.19. The van der Waals surface area contributed by atoms with Gasteiger partial charge in [-0.1, -0.05) is 66.8 Å². The van der Waals surface area contributed by atoms with Gasteiger partial charge in [0.2, 0.25) is 0 Å². The first-order chi connectivity index (χ1) is 11.9. The van der Waals surface area contributed by atoms with Crippen LogP contribution in [-0.2, 0) is 6.61 Å². The molecule has 0 amide bonds. The first-order valence-electron chi connectivity index (χ1n) is 8.22. The van der Waals surface area contributed by atoms with Gasteiger partial charge in [0.05, 0.1) is 0 Å². The smallest absolute Gasteiger partial charge is 0.127 e. The summed E-state index contributed by atoms with van der Waals surface area (Å²) in [5.74, 6) is 0.915. The molecule has 2 aromatic carbocycles. The maximum Gasteiger partial charge on any atom is 0.127 e. The van der Waals surface area contributed by atoms with Gasteiger partial charge in [-0.25, -0.2) is 0 Å². The van der Waals surface area contributed by atoms with Gasteiger partial charge in [-0.2, -0.15) is 0 Å². The summed E-state index contributed by atoms with van der Waals surface area (Å²) < 4.78 is 6.13. The molecule has 2 aromatic rings. The summed E-state index contributed by atoms with van der Waals surface area (Å²) in [6, 6.07) is 18.5. The van der Waals surface area contributed by atoms with E-state index >= 15 is 0 Å². The largest absolute Gasteiger partial charge is 0.488 e. The van der Waals surface area contributed by atoms with Crippen LogP contribution in [-0.4, -0.2) is 4.90 Å². The molecule has 0 spiro atoms. The standard InChI is InChI=1S/C22H19NO/c1-2-9-18(10-3-1)17-24-22-14-5-4-11-20(22)19-12-8-16-23-15-7-6-13-21(19)23/h1-5,7-16H,6,17H2. The van der Waals surface area contributed by atoms with Crippen molar-refractivity contribution in [3.05, 3.63) is 108 Å². The molecule has 2 heteroatoms. The fourth-order valence-corrected chi connectivity index (χ4v) is 3.01. The molecule has 0 bridgehead atoms. The van der Waals surface area contributed by atoms with Gasteiger partial charge in [0.1, 0.15) is 12.4 Å². The topological polar surface area (TPSA) is 12.5 Å². The summed E-state index contributed by atoms with van der Waals surface area (Å²) in [5.41, 5.74) is 4.72. The minimum Gasteiger partial charge on any atom is -0.488 e. The van der Waals surface area contributed by atoms with Gasteiger partial charge >= 0.3 is 0 Å². The molecule has 0 N–H and O–H groups in total. The Bertz CT molecular complexity index is 843. The first kappa shape index (κ1) is 14.6. The van der Waals surface area contributed by atoms with Gasteiger partial charge in [-0.05, 0) is 24.1 Å². The van der Waals surface area contributed by atoms with Crippen LogP contribution in [0.2, 0.25) is 0 Å². The average molecular weight is 313 g/mol. The van der Waals surface area contributed by atoms with E-state index < -0.39 is 0 Å². The van der Waals surface area contributed by atoms with Crippen molar-refractivity contribution in [2.75, 3.05) is 0 Å². The summed E-state index contributed by atoms with van der Waals surface area (Å²) in [6.07, 6.45) is 13.8. The fourth-order valence-electron chi connectivity index (χ4n) is 3.01. The molecular formula is C22H19NO. The molecule has 2 aliphatic rings. The molecule has 0 aliphatic carbocycles. The predicted molar refractivity (Wildman–Crippen MR) is 98.0 cm³/mol. The van der Waals surface area contributed by atoms with E-state index in [0.717, 1.165) is 17.7 Å². The molecule has 2 aliphatic heterocycles. The second-order valence-electron chi connectivity index (χ2n) is 5.81. The van der Waals surface area contributed by atoms with Crippen molar-refractivity contribution in [1.29, 1.82) is 0 Å². The van der Waals surface area contributed by atoms with E-state index in [1.807, 2.05) is 30.3 Å². The van der Waals surface area contributed by atoms with Crippen LogP contribution in [0, 0.1) is 0 Å². The molecule has 0 atom stereocenters. The SMILES string of the molecule is C1=CN2C=CCC=C2C(c2ccccc2OCc2ccccc2)=C1. The summed E-state index contributed by atoms with van der Waals surface area (Å²) in [6.45, 7) is 0.573. The number of para-hydroxylation sites is 1. The van der Waals surface area contributed by atoms with E-state index in [0.29, 0.717) is 6.61 Å². The molecule has 2 nitrogen and oxygen atoms in total. The van der Waals surface area contributed by atoms with Crippen LogP contribution in [0.4, 0.5) is 0 Å². The van der Waals surface area contributed by atoms with E-state index in [2.05, 4.69) is 65.9 Å². The van der Waals surface area contributed by atoms with E-state index in [-0.39, 0.29) is 0 Å². The van der Waals surface area contributed by atoms with Crippen LogP contribution in [0.25, 0.3) is 5.57 Å². The van der Waals surface area contributed by atoms with Gasteiger partial charge in [-0.3, -0.25) is 0 Å². The lowest BCUT2D eigenvalue weighted by Crippen LogP contribution is -2.15. The lowest BCUT2D eigenvalue weighted by Gasteiger charge is -2.28. The molecule has 0 fully saturated rings.